The molecule has 0 aromatic heterocycles. The fraction of sp³-hybridized carbons (Fsp3) is 0.273. The Kier molecular flexibility index (Phi) is 6.92. The summed E-state index contributed by atoms with van der Waals surface area (Å²) in [6.45, 7) is 1.35. The minimum absolute atomic E-state index is 0.0493. The van der Waals surface area contributed by atoms with Crippen LogP contribution in [0.2, 0.25) is 0 Å². The topological polar surface area (TPSA) is 113 Å². The molecule has 0 radical (unpaired) electrons. The number of benzene rings is 2. The molecule has 0 unspecified atom stereocenters. The largest absolute Gasteiger partial charge is 0.396 e. The van der Waals surface area contributed by atoms with E-state index in [9.17, 15) is 24.8 Å². The van der Waals surface area contributed by atoms with Gasteiger partial charge in [-0.2, -0.15) is 0 Å². The van der Waals surface area contributed by atoms with Gasteiger partial charge in [-0.05, 0) is 48.6 Å². The number of nitro groups is 1. The molecule has 3 rings (SSSR count). The van der Waals surface area contributed by atoms with Crippen molar-refractivity contribution in [2.24, 2.45) is 5.92 Å². The van der Waals surface area contributed by atoms with Crippen LogP contribution in [0, 0.1) is 16.0 Å². The highest BCUT2D eigenvalue weighted by Crippen LogP contribution is 2.20. The highest BCUT2D eigenvalue weighted by molar-refractivity contribution is 6.03. The monoisotopic (exact) mass is 409 g/mol. The van der Waals surface area contributed by atoms with Gasteiger partial charge in [-0.15, -0.1) is 0 Å². The van der Waals surface area contributed by atoms with Gasteiger partial charge in [-0.3, -0.25) is 19.7 Å². The molecular formula is C22H23N3O5. The van der Waals surface area contributed by atoms with Gasteiger partial charge in [0.15, 0.2) is 0 Å². The fourth-order valence-corrected chi connectivity index (χ4v) is 3.33. The van der Waals surface area contributed by atoms with Crippen molar-refractivity contribution >= 4 is 29.3 Å². The molecule has 2 N–H and O–H groups in total. The highest BCUT2D eigenvalue weighted by Gasteiger charge is 2.23. The van der Waals surface area contributed by atoms with Crippen LogP contribution < -0.4 is 5.32 Å². The van der Waals surface area contributed by atoms with E-state index in [2.05, 4.69) is 5.32 Å². The molecule has 1 heterocycles. The first-order chi connectivity index (χ1) is 14.5. The van der Waals surface area contributed by atoms with Crippen LogP contribution in [0.4, 0.5) is 11.4 Å². The zero-order chi connectivity index (χ0) is 21.5. The Morgan fingerprint density at radius 3 is 2.60 bits per heavy atom. The molecule has 0 saturated carbocycles. The van der Waals surface area contributed by atoms with Gasteiger partial charge in [0.2, 0.25) is 5.91 Å². The predicted octanol–water partition coefficient (Wildman–Crippen LogP) is 3.09. The van der Waals surface area contributed by atoms with E-state index in [1.807, 2.05) is 0 Å². The number of non-ortho nitro benzene ring substituents is 1. The number of nitro benzene ring substituents is 1. The van der Waals surface area contributed by atoms with Gasteiger partial charge in [0.25, 0.3) is 11.6 Å². The molecule has 0 aliphatic carbocycles. The van der Waals surface area contributed by atoms with Gasteiger partial charge in [-0.25, -0.2) is 0 Å². The Bertz CT molecular complexity index is 965. The first kappa shape index (κ1) is 21.2. The van der Waals surface area contributed by atoms with E-state index in [4.69, 9.17) is 0 Å². The van der Waals surface area contributed by atoms with E-state index < -0.39 is 10.8 Å². The zero-order valence-corrected chi connectivity index (χ0v) is 16.4. The molecule has 0 atom stereocenters. The normalized spacial score (nSPS) is 14.6. The van der Waals surface area contributed by atoms with Gasteiger partial charge in [0.1, 0.15) is 0 Å². The Balaban J connectivity index is 1.62. The predicted molar refractivity (Wildman–Crippen MR) is 113 cm³/mol. The standard InChI is InChI=1S/C22H23N3O5/c26-15-17-9-11-24(12-10-17)22(28)18-4-2-5-19(14-18)23-21(27)8-7-16-3-1-6-20(13-16)25(29)30/h1-8,13-14,17,26H,9-12,15H2,(H,23,27). The SMILES string of the molecule is O=C(C=Cc1cccc([N+](=O)[O-])c1)Nc1cccc(C(=O)N2CCC(CO)CC2)c1. The van der Waals surface area contributed by atoms with Crippen LogP contribution in [0.5, 0.6) is 0 Å². The van der Waals surface area contributed by atoms with Crippen molar-refractivity contribution in [1.82, 2.24) is 4.90 Å². The molecule has 0 bridgehead atoms. The molecule has 2 aromatic carbocycles. The summed E-state index contributed by atoms with van der Waals surface area (Å²) < 4.78 is 0. The molecule has 8 heteroatoms. The maximum Gasteiger partial charge on any atom is 0.270 e. The molecule has 2 amide bonds. The van der Waals surface area contributed by atoms with Crippen molar-refractivity contribution in [2.45, 2.75) is 12.8 Å². The smallest absolute Gasteiger partial charge is 0.270 e. The van der Waals surface area contributed by atoms with Crippen LogP contribution in [0.3, 0.4) is 0 Å². The molecule has 8 nitrogen and oxygen atoms in total. The van der Waals surface area contributed by atoms with Gasteiger partial charge in [0.05, 0.1) is 4.92 Å². The second-order valence-corrected chi connectivity index (χ2v) is 7.17. The lowest BCUT2D eigenvalue weighted by molar-refractivity contribution is -0.384. The summed E-state index contributed by atoms with van der Waals surface area (Å²) in [6.07, 6.45) is 4.33. The van der Waals surface area contributed by atoms with E-state index in [-0.39, 0.29) is 24.1 Å². The summed E-state index contributed by atoms with van der Waals surface area (Å²) in [5, 5.41) is 22.8. The summed E-state index contributed by atoms with van der Waals surface area (Å²) in [5.74, 6) is -0.262. The van der Waals surface area contributed by atoms with Crippen molar-refractivity contribution in [1.29, 1.82) is 0 Å². The van der Waals surface area contributed by atoms with E-state index in [0.717, 1.165) is 12.8 Å². The second kappa shape index (κ2) is 9.80. The number of amides is 2. The number of piperidine rings is 1. The van der Waals surface area contributed by atoms with E-state index in [0.29, 0.717) is 29.9 Å². The first-order valence-electron chi connectivity index (χ1n) is 9.70. The maximum absolute atomic E-state index is 12.7. The first-order valence-corrected chi connectivity index (χ1v) is 9.70. The molecule has 1 aliphatic rings. The lowest BCUT2D eigenvalue weighted by atomic mass is 9.97. The third kappa shape index (κ3) is 5.51. The Morgan fingerprint density at radius 1 is 1.17 bits per heavy atom. The van der Waals surface area contributed by atoms with Crippen LogP contribution in [0.15, 0.2) is 54.6 Å². The lowest BCUT2D eigenvalue weighted by Crippen LogP contribution is -2.39. The average Bonchev–Trinajstić information content (AvgIpc) is 2.77. The molecule has 2 aromatic rings. The third-order valence-corrected chi connectivity index (χ3v) is 5.05. The average molecular weight is 409 g/mol. The quantitative estimate of drug-likeness (QED) is 0.432. The number of carbonyl (C=O) groups is 2. The van der Waals surface area contributed by atoms with Gasteiger partial charge in [0, 0.05) is 49.2 Å². The Labute approximate surface area is 174 Å². The summed E-state index contributed by atoms with van der Waals surface area (Å²) in [7, 11) is 0. The lowest BCUT2D eigenvalue weighted by Gasteiger charge is -2.31. The molecule has 156 valence electrons. The van der Waals surface area contributed by atoms with Crippen molar-refractivity contribution in [3.63, 3.8) is 0 Å². The second-order valence-electron chi connectivity index (χ2n) is 7.17. The number of nitrogens with one attached hydrogen (secondary N) is 1. The number of rotatable bonds is 6. The van der Waals surface area contributed by atoms with Crippen LogP contribution in [-0.4, -0.2) is 46.4 Å². The molecule has 1 fully saturated rings. The van der Waals surface area contributed by atoms with Gasteiger partial charge < -0.3 is 15.3 Å². The summed E-state index contributed by atoms with van der Waals surface area (Å²) in [4.78, 5) is 37.0. The van der Waals surface area contributed by atoms with Crippen LogP contribution in [-0.2, 0) is 4.79 Å². The highest BCUT2D eigenvalue weighted by atomic mass is 16.6. The van der Waals surface area contributed by atoms with Crippen molar-refractivity contribution in [3.8, 4) is 0 Å². The number of anilines is 1. The maximum atomic E-state index is 12.7. The van der Waals surface area contributed by atoms with E-state index in [1.165, 1.54) is 24.3 Å². The number of hydrogen-bond acceptors (Lipinski definition) is 5. The van der Waals surface area contributed by atoms with Gasteiger partial charge >= 0.3 is 0 Å². The molecular weight excluding hydrogens is 386 g/mol. The number of aliphatic hydroxyl groups excluding tert-OH is 1. The minimum Gasteiger partial charge on any atom is -0.396 e. The number of likely N-dealkylation sites (tertiary alicyclic amines) is 1. The van der Waals surface area contributed by atoms with Crippen molar-refractivity contribution < 1.29 is 19.6 Å². The number of carbonyl (C=O) groups excluding carboxylic acids is 2. The fourth-order valence-electron chi connectivity index (χ4n) is 3.33. The number of nitrogens with zero attached hydrogens (tertiary/aromatic N) is 2. The summed E-state index contributed by atoms with van der Waals surface area (Å²) in [5.41, 5.74) is 1.46. The van der Waals surface area contributed by atoms with Gasteiger partial charge in [-0.1, -0.05) is 18.2 Å². The molecule has 0 spiro atoms. The zero-order valence-electron chi connectivity index (χ0n) is 16.4. The van der Waals surface area contributed by atoms with E-state index in [1.54, 1.807) is 41.3 Å². The number of hydrogen-bond donors (Lipinski definition) is 2. The van der Waals surface area contributed by atoms with Crippen LogP contribution >= 0.6 is 0 Å². The van der Waals surface area contributed by atoms with Crippen LogP contribution in [0.1, 0.15) is 28.8 Å². The van der Waals surface area contributed by atoms with Crippen molar-refractivity contribution in [3.05, 3.63) is 75.8 Å². The molecule has 1 saturated heterocycles. The van der Waals surface area contributed by atoms with E-state index >= 15 is 0 Å². The molecule has 30 heavy (non-hydrogen) atoms. The molecule has 1 aliphatic heterocycles. The minimum atomic E-state index is -0.494. The number of aliphatic hydroxyl groups is 1. The summed E-state index contributed by atoms with van der Waals surface area (Å²) >= 11 is 0. The Hall–Kier alpha value is -3.52. The van der Waals surface area contributed by atoms with Crippen molar-refractivity contribution in [2.75, 3.05) is 25.0 Å². The Morgan fingerprint density at radius 2 is 1.90 bits per heavy atom. The van der Waals surface area contributed by atoms with Crippen LogP contribution in [0.25, 0.3) is 6.08 Å². The summed E-state index contributed by atoms with van der Waals surface area (Å²) in [6, 6.07) is 12.7. The third-order valence-electron chi connectivity index (χ3n) is 5.05.